The molecule has 5 rings (SSSR count). The second-order valence-electron chi connectivity index (χ2n) is 13.9. The SMILES string of the molecule is CC(=O)O[C@@H]1CC[C@@]2(C)[C@@H](C1)C[C@@H](OC(C)=O)[C@@H]1[C@@H]2CC[C@]2(C)[C@@H]([C@H](C)CCC3=CC(=O)C=CC3=O)CC[C@@H]12. The second kappa shape index (κ2) is 10.6. The molecular formula is C33H46O6. The van der Waals surface area contributed by atoms with Gasteiger partial charge in [0.25, 0.3) is 0 Å². The first-order chi connectivity index (χ1) is 18.4. The number of hydrogen-bond acceptors (Lipinski definition) is 6. The molecule has 0 aromatic carbocycles. The second-order valence-corrected chi connectivity index (χ2v) is 13.9. The van der Waals surface area contributed by atoms with Crippen LogP contribution in [0.5, 0.6) is 0 Å². The van der Waals surface area contributed by atoms with Crippen LogP contribution in [0.25, 0.3) is 0 Å². The van der Waals surface area contributed by atoms with Crippen LogP contribution in [0.1, 0.15) is 98.8 Å². The summed E-state index contributed by atoms with van der Waals surface area (Å²) in [5, 5.41) is 0. The lowest BCUT2D eigenvalue weighted by Gasteiger charge is -2.62. The third-order valence-corrected chi connectivity index (χ3v) is 11.9. The summed E-state index contributed by atoms with van der Waals surface area (Å²) in [5.41, 5.74) is 0.998. The molecule has 0 heterocycles. The Labute approximate surface area is 233 Å². The molecule has 214 valence electrons. The van der Waals surface area contributed by atoms with Crippen molar-refractivity contribution in [3.63, 3.8) is 0 Å². The fourth-order valence-corrected chi connectivity index (χ4v) is 10.1. The van der Waals surface area contributed by atoms with Crippen LogP contribution in [-0.2, 0) is 28.7 Å². The van der Waals surface area contributed by atoms with Gasteiger partial charge in [-0.15, -0.1) is 0 Å². The third kappa shape index (κ3) is 5.17. The predicted octanol–water partition coefficient (Wildman–Crippen LogP) is 6.17. The highest BCUT2D eigenvalue weighted by Gasteiger charge is 2.64. The van der Waals surface area contributed by atoms with Crippen molar-refractivity contribution < 1.29 is 28.7 Å². The van der Waals surface area contributed by atoms with Crippen LogP contribution in [0, 0.1) is 46.3 Å². The first-order valence-corrected chi connectivity index (χ1v) is 15.2. The molecule has 5 aliphatic carbocycles. The maximum atomic E-state index is 12.3. The molecular weight excluding hydrogens is 492 g/mol. The lowest BCUT2D eigenvalue weighted by molar-refractivity contribution is -0.197. The van der Waals surface area contributed by atoms with E-state index in [0.717, 1.165) is 44.9 Å². The van der Waals surface area contributed by atoms with E-state index >= 15 is 0 Å². The number of ether oxygens (including phenoxy) is 2. The zero-order valence-electron chi connectivity index (χ0n) is 24.4. The molecule has 0 bridgehead atoms. The van der Waals surface area contributed by atoms with Gasteiger partial charge in [-0.1, -0.05) is 20.8 Å². The number of allylic oxidation sites excluding steroid dienone is 4. The molecule has 0 radical (unpaired) electrons. The zero-order valence-corrected chi connectivity index (χ0v) is 24.4. The first kappa shape index (κ1) is 28.3. The predicted molar refractivity (Wildman–Crippen MR) is 147 cm³/mol. The lowest BCUT2D eigenvalue weighted by atomic mass is 9.43. The van der Waals surface area contributed by atoms with Crippen molar-refractivity contribution in [3.8, 4) is 0 Å². The van der Waals surface area contributed by atoms with Gasteiger partial charge >= 0.3 is 11.9 Å². The van der Waals surface area contributed by atoms with Crippen molar-refractivity contribution >= 4 is 23.5 Å². The molecule has 0 N–H and O–H groups in total. The van der Waals surface area contributed by atoms with Gasteiger partial charge in [0.15, 0.2) is 11.6 Å². The molecule has 6 nitrogen and oxygen atoms in total. The van der Waals surface area contributed by atoms with E-state index in [1.807, 2.05) is 0 Å². The van der Waals surface area contributed by atoms with Gasteiger partial charge in [-0.25, -0.2) is 0 Å². The van der Waals surface area contributed by atoms with Gasteiger partial charge in [-0.05, 0) is 123 Å². The molecule has 0 aliphatic heterocycles. The Morgan fingerprint density at radius 1 is 0.923 bits per heavy atom. The maximum absolute atomic E-state index is 12.3. The van der Waals surface area contributed by atoms with Crippen LogP contribution >= 0.6 is 0 Å². The molecule has 10 atom stereocenters. The van der Waals surface area contributed by atoms with E-state index < -0.39 is 0 Å². The minimum atomic E-state index is -0.208. The van der Waals surface area contributed by atoms with Gasteiger partial charge in [0.1, 0.15) is 12.2 Å². The average Bonchev–Trinajstić information content (AvgIpc) is 3.21. The minimum absolute atomic E-state index is 0.0300. The summed E-state index contributed by atoms with van der Waals surface area (Å²) in [5.74, 6) is 2.25. The summed E-state index contributed by atoms with van der Waals surface area (Å²) in [6, 6.07) is 0. The van der Waals surface area contributed by atoms with E-state index in [4.69, 9.17) is 9.47 Å². The average molecular weight is 539 g/mol. The fraction of sp³-hybridized carbons (Fsp3) is 0.758. The summed E-state index contributed by atoms with van der Waals surface area (Å²) >= 11 is 0. The number of ketones is 2. The highest BCUT2D eigenvalue weighted by Crippen LogP contribution is 2.69. The van der Waals surface area contributed by atoms with E-state index in [-0.39, 0.29) is 46.5 Å². The number of carbonyl (C=O) groups is 4. The van der Waals surface area contributed by atoms with Gasteiger partial charge in [0.05, 0.1) is 0 Å². The Morgan fingerprint density at radius 3 is 2.33 bits per heavy atom. The topological polar surface area (TPSA) is 86.7 Å². The van der Waals surface area contributed by atoms with Gasteiger partial charge in [-0.2, -0.15) is 0 Å². The Kier molecular flexibility index (Phi) is 7.71. The summed E-state index contributed by atoms with van der Waals surface area (Å²) in [4.78, 5) is 48.1. The monoisotopic (exact) mass is 538 g/mol. The van der Waals surface area contributed by atoms with Crippen LogP contribution in [0.15, 0.2) is 23.8 Å². The Bertz CT molecular complexity index is 1090. The summed E-state index contributed by atoms with van der Waals surface area (Å²) < 4.78 is 11.8. The molecule has 39 heavy (non-hydrogen) atoms. The smallest absolute Gasteiger partial charge is 0.302 e. The highest BCUT2D eigenvalue weighted by atomic mass is 16.5. The molecule has 0 aromatic rings. The van der Waals surface area contributed by atoms with Crippen LogP contribution in [0.2, 0.25) is 0 Å². The van der Waals surface area contributed by atoms with Crippen LogP contribution in [0.3, 0.4) is 0 Å². The molecule has 0 amide bonds. The Hall–Kier alpha value is -2.24. The third-order valence-electron chi connectivity index (χ3n) is 11.9. The quantitative estimate of drug-likeness (QED) is 0.297. The summed E-state index contributed by atoms with van der Waals surface area (Å²) in [6.07, 6.45) is 14.1. The Balaban J connectivity index is 1.34. The number of esters is 2. The molecule has 5 aliphatic rings. The van der Waals surface area contributed by atoms with Crippen molar-refractivity contribution in [3.05, 3.63) is 23.8 Å². The zero-order chi connectivity index (χ0) is 28.1. The van der Waals surface area contributed by atoms with Gasteiger partial charge < -0.3 is 9.47 Å². The maximum Gasteiger partial charge on any atom is 0.302 e. The van der Waals surface area contributed by atoms with E-state index in [1.165, 1.54) is 44.9 Å². The lowest BCUT2D eigenvalue weighted by Crippen LogP contribution is -2.59. The highest BCUT2D eigenvalue weighted by molar-refractivity contribution is 6.17. The van der Waals surface area contributed by atoms with Crippen LogP contribution in [-0.4, -0.2) is 35.7 Å². The van der Waals surface area contributed by atoms with Crippen molar-refractivity contribution in [1.82, 2.24) is 0 Å². The first-order valence-electron chi connectivity index (χ1n) is 15.2. The molecule has 0 saturated heterocycles. The van der Waals surface area contributed by atoms with Crippen molar-refractivity contribution in [2.45, 2.75) is 111 Å². The normalized spacial score (nSPS) is 42.1. The van der Waals surface area contributed by atoms with Crippen molar-refractivity contribution in [2.24, 2.45) is 46.3 Å². The number of carbonyl (C=O) groups excluding carboxylic acids is 4. The van der Waals surface area contributed by atoms with Crippen molar-refractivity contribution in [2.75, 3.05) is 0 Å². The molecule has 0 unspecified atom stereocenters. The molecule has 4 saturated carbocycles. The summed E-state index contributed by atoms with van der Waals surface area (Å²) in [6.45, 7) is 10.3. The molecule has 0 spiro atoms. The molecule has 0 aromatic heterocycles. The standard InChI is InChI=1S/C33H46O6/c1-19(6-7-22-16-24(36)8-11-29(22)37)26-9-10-27-31-28(13-15-33(26,27)5)32(4)14-12-25(38-20(2)34)17-23(32)18-30(31)39-21(3)35/h8,11,16,19,23,25-28,30-31H,6-7,9-10,12-15,17-18H2,1-5H3/t19-,23+,25-,26-,27+,28+,30-,31+,32+,33-/m1/s1. The van der Waals surface area contributed by atoms with E-state index in [0.29, 0.717) is 47.5 Å². The van der Waals surface area contributed by atoms with E-state index in [9.17, 15) is 19.2 Å². The summed E-state index contributed by atoms with van der Waals surface area (Å²) in [7, 11) is 0. The number of hydrogen-bond donors (Lipinski definition) is 0. The molecule has 4 fully saturated rings. The Morgan fingerprint density at radius 2 is 1.62 bits per heavy atom. The van der Waals surface area contributed by atoms with Crippen LogP contribution in [0.4, 0.5) is 0 Å². The molecule has 6 heteroatoms. The fourth-order valence-electron chi connectivity index (χ4n) is 10.1. The minimum Gasteiger partial charge on any atom is -0.463 e. The number of fused-ring (bicyclic) bond motifs is 5. The van der Waals surface area contributed by atoms with E-state index in [1.54, 1.807) is 0 Å². The van der Waals surface area contributed by atoms with Gasteiger partial charge in [0.2, 0.25) is 0 Å². The number of rotatable bonds is 6. The van der Waals surface area contributed by atoms with E-state index in [2.05, 4.69) is 20.8 Å². The van der Waals surface area contributed by atoms with Gasteiger partial charge in [-0.3, -0.25) is 19.2 Å². The van der Waals surface area contributed by atoms with Crippen molar-refractivity contribution in [1.29, 1.82) is 0 Å². The largest absolute Gasteiger partial charge is 0.463 e. The van der Waals surface area contributed by atoms with Crippen LogP contribution < -0.4 is 0 Å². The van der Waals surface area contributed by atoms with Gasteiger partial charge in [0, 0.05) is 25.3 Å².